The molecule has 0 spiro atoms. The van der Waals surface area contributed by atoms with Gasteiger partial charge in [-0.15, -0.1) is 0 Å². The summed E-state index contributed by atoms with van der Waals surface area (Å²) >= 11 is 0. The maximum atomic E-state index is 13.0. The average Bonchev–Trinajstić information content (AvgIpc) is 2.28. The summed E-state index contributed by atoms with van der Waals surface area (Å²) in [5, 5.41) is 9.85. The van der Waals surface area contributed by atoms with Crippen molar-refractivity contribution < 1.29 is 23.0 Å². The Hall–Kier alpha value is -0.290. The van der Waals surface area contributed by atoms with Crippen molar-refractivity contribution >= 4 is 0 Å². The Morgan fingerprint density at radius 3 is 2.33 bits per heavy atom. The van der Waals surface area contributed by atoms with E-state index in [0.717, 1.165) is 0 Å². The highest BCUT2D eigenvalue weighted by Gasteiger charge is 2.49. The van der Waals surface area contributed by atoms with Crippen LogP contribution in [0.3, 0.4) is 0 Å². The molecule has 1 heterocycles. The second-order valence-electron chi connectivity index (χ2n) is 5.96. The van der Waals surface area contributed by atoms with Crippen molar-refractivity contribution in [2.45, 2.75) is 63.3 Å². The number of hydrogen-bond donors (Lipinski definition) is 1. The highest BCUT2D eigenvalue weighted by molar-refractivity contribution is 4.90. The molecule has 1 aliphatic carbocycles. The first-order valence-electron chi connectivity index (χ1n) is 6.70. The zero-order valence-corrected chi connectivity index (χ0v) is 10.7. The van der Waals surface area contributed by atoms with Gasteiger partial charge in [-0.3, -0.25) is 0 Å². The van der Waals surface area contributed by atoms with E-state index in [1.54, 1.807) is 6.92 Å². The predicted octanol–water partition coefficient (Wildman–Crippen LogP) is 3.29. The third-order valence-electron chi connectivity index (χ3n) is 4.36. The molecule has 0 unspecified atom stereocenters. The zero-order valence-electron chi connectivity index (χ0n) is 10.7. The molecule has 1 saturated heterocycles. The summed E-state index contributed by atoms with van der Waals surface area (Å²) in [5.41, 5.74) is -0.709. The fourth-order valence-electron chi connectivity index (χ4n) is 3.21. The number of hydrogen-bond acceptors (Lipinski definition) is 2. The maximum Gasteiger partial charge on any atom is 0.394 e. The molecule has 106 valence electrons. The van der Waals surface area contributed by atoms with Crippen LogP contribution in [0.25, 0.3) is 0 Å². The van der Waals surface area contributed by atoms with Crippen molar-refractivity contribution in [3.8, 4) is 0 Å². The third-order valence-corrected chi connectivity index (χ3v) is 4.36. The van der Waals surface area contributed by atoms with Crippen LogP contribution in [0, 0.1) is 11.8 Å². The van der Waals surface area contributed by atoms with Gasteiger partial charge in [0, 0.05) is 6.61 Å². The predicted molar refractivity (Wildman–Crippen MR) is 61.1 cm³/mol. The lowest BCUT2D eigenvalue weighted by molar-refractivity contribution is -0.233. The summed E-state index contributed by atoms with van der Waals surface area (Å²) in [5.74, 6) is -1.38. The highest BCUT2D eigenvalue weighted by Crippen LogP contribution is 2.44. The van der Waals surface area contributed by atoms with Crippen LogP contribution >= 0.6 is 0 Å². The van der Waals surface area contributed by atoms with Gasteiger partial charge in [0.05, 0.1) is 17.6 Å². The summed E-state index contributed by atoms with van der Waals surface area (Å²) in [4.78, 5) is 0. The van der Waals surface area contributed by atoms with Crippen LogP contribution in [0.2, 0.25) is 0 Å². The first-order chi connectivity index (χ1) is 8.30. The molecule has 18 heavy (non-hydrogen) atoms. The molecule has 1 N–H and O–H groups in total. The van der Waals surface area contributed by atoms with Gasteiger partial charge in [-0.1, -0.05) is 0 Å². The van der Waals surface area contributed by atoms with Gasteiger partial charge in [-0.05, 0) is 51.4 Å². The minimum atomic E-state index is -4.16. The molecular weight excluding hydrogens is 245 g/mol. The van der Waals surface area contributed by atoms with E-state index in [2.05, 4.69) is 0 Å². The molecule has 1 saturated carbocycles. The van der Waals surface area contributed by atoms with Gasteiger partial charge in [-0.2, -0.15) is 13.2 Å². The molecule has 0 aromatic heterocycles. The van der Waals surface area contributed by atoms with Gasteiger partial charge < -0.3 is 9.84 Å². The van der Waals surface area contributed by atoms with E-state index in [0.29, 0.717) is 38.7 Å². The number of halogens is 3. The lowest BCUT2D eigenvalue weighted by Gasteiger charge is -2.42. The van der Waals surface area contributed by atoms with Crippen molar-refractivity contribution in [2.75, 3.05) is 6.61 Å². The van der Waals surface area contributed by atoms with Crippen molar-refractivity contribution in [3.05, 3.63) is 0 Å². The minimum absolute atomic E-state index is 0.0582. The monoisotopic (exact) mass is 266 g/mol. The molecule has 5 heteroatoms. The Morgan fingerprint density at radius 2 is 1.78 bits per heavy atom. The van der Waals surface area contributed by atoms with Crippen LogP contribution < -0.4 is 0 Å². The van der Waals surface area contributed by atoms with Crippen molar-refractivity contribution in [3.63, 3.8) is 0 Å². The summed E-state index contributed by atoms with van der Waals surface area (Å²) in [6.45, 7) is 2.19. The quantitative estimate of drug-likeness (QED) is 0.789. The molecule has 2 aliphatic rings. The number of aliphatic hydroxyl groups is 1. The molecule has 2 fully saturated rings. The summed E-state index contributed by atoms with van der Waals surface area (Å²) in [6, 6.07) is 0. The Morgan fingerprint density at radius 1 is 1.17 bits per heavy atom. The fourth-order valence-corrected chi connectivity index (χ4v) is 3.21. The molecule has 0 amide bonds. The largest absolute Gasteiger partial charge is 0.394 e. The fraction of sp³-hybridized carbons (Fsp3) is 1.00. The van der Waals surface area contributed by atoms with E-state index < -0.39 is 23.8 Å². The SMILES string of the molecule is CC1(O)CCC([C@@H]2OCCC[C@@H]2C(F)(F)F)CC1. The Kier molecular flexibility index (Phi) is 3.93. The van der Waals surface area contributed by atoms with Crippen LogP contribution in [-0.2, 0) is 4.74 Å². The van der Waals surface area contributed by atoms with Gasteiger partial charge >= 0.3 is 6.18 Å². The molecule has 2 atom stereocenters. The molecule has 1 aliphatic heterocycles. The van der Waals surface area contributed by atoms with Gasteiger partial charge in [0.15, 0.2) is 0 Å². The van der Waals surface area contributed by atoms with Crippen molar-refractivity contribution in [1.82, 2.24) is 0 Å². The smallest absolute Gasteiger partial charge is 0.390 e. The number of alkyl halides is 3. The average molecular weight is 266 g/mol. The van der Waals surface area contributed by atoms with Gasteiger partial charge in [-0.25, -0.2) is 0 Å². The van der Waals surface area contributed by atoms with Crippen LogP contribution in [0.5, 0.6) is 0 Å². The van der Waals surface area contributed by atoms with Crippen LogP contribution in [-0.4, -0.2) is 29.6 Å². The molecule has 0 aromatic carbocycles. The van der Waals surface area contributed by atoms with E-state index in [9.17, 15) is 18.3 Å². The highest BCUT2D eigenvalue weighted by atomic mass is 19.4. The number of rotatable bonds is 1. The second kappa shape index (κ2) is 5.00. The van der Waals surface area contributed by atoms with Crippen molar-refractivity contribution in [2.24, 2.45) is 11.8 Å². The minimum Gasteiger partial charge on any atom is -0.390 e. The Bertz CT molecular complexity index is 278. The van der Waals surface area contributed by atoms with Crippen LogP contribution in [0.15, 0.2) is 0 Å². The maximum absolute atomic E-state index is 13.0. The van der Waals surface area contributed by atoms with Gasteiger partial charge in [0.1, 0.15) is 0 Å². The molecular formula is C13H21F3O2. The lowest BCUT2D eigenvalue weighted by Crippen LogP contribution is -2.46. The van der Waals surface area contributed by atoms with Crippen LogP contribution in [0.1, 0.15) is 45.4 Å². The summed E-state index contributed by atoms with van der Waals surface area (Å²) in [6.07, 6.45) is -1.79. The molecule has 0 radical (unpaired) electrons. The van der Waals surface area contributed by atoms with E-state index in [-0.39, 0.29) is 12.3 Å². The second-order valence-corrected chi connectivity index (χ2v) is 5.96. The van der Waals surface area contributed by atoms with E-state index in [1.165, 1.54) is 0 Å². The Labute approximate surface area is 106 Å². The van der Waals surface area contributed by atoms with Gasteiger partial charge in [0.25, 0.3) is 0 Å². The summed E-state index contributed by atoms with van der Waals surface area (Å²) in [7, 11) is 0. The topological polar surface area (TPSA) is 29.5 Å². The molecule has 2 rings (SSSR count). The molecule has 0 aromatic rings. The van der Waals surface area contributed by atoms with Crippen LogP contribution in [0.4, 0.5) is 13.2 Å². The van der Waals surface area contributed by atoms with E-state index in [1.807, 2.05) is 0 Å². The summed E-state index contributed by atoms with van der Waals surface area (Å²) < 4.78 is 44.3. The normalized spacial score (nSPS) is 42.8. The standard InChI is InChI=1S/C13H21F3O2/c1-12(17)6-4-9(5-7-12)11-10(13(14,15)16)3-2-8-18-11/h9-11,17H,2-8H2,1H3/t9?,10-,11-,12?/m0/s1. The first-order valence-corrected chi connectivity index (χ1v) is 6.70. The van der Waals surface area contributed by atoms with Crippen molar-refractivity contribution in [1.29, 1.82) is 0 Å². The first kappa shape index (κ1) is 14.1. The molecule has 2 nitrogen and oxygen atoms in total. The van der Waals surface area contributed by atoms with E-state index in [4.69, 9.17) is 4.74 Å². The Balaban J connectivity index is 2.02. The third kappa shape index (κ3) is 3.18. The van der Waals surface area contributed by atoms with E-state index >= 15 is 0 Å². The number of ether oxygens (including phenoxy) is 1. The molecule has 0 bridgehead atoms. The lowest BCUT2D eigenvalue weighted by atomic mass is 9.73. The zero-order chi connectivity index (χ0) is 13.4. The van der Waals surface area contributed by atoms with Gasteiger partial charge in [0.2, 0.25) is 0 Å².